The topological polar surface area (TPSA) is 72.4 Å². The maximum Gasteiger partial charge on any atom is 0.220 e. The van der Waals surface area contributed by atoms with Gasteiger partial charge in [0.2, 0.25) is 5.91 Å². The van der Waals surface area contributed by atoms with Crippen LogP contribution in [-0.4, -0.2) is 29.1 Å². The van der Waals surface area contributed by atoms with E-state index in [-0.39, 0.29) is 11.8 Å². The van der Waals surface area contributed by atoms with Crippen molar-refractivity contribution in [2.45, 2.75) is 19.4 Å². The van der Waals surface area contributed by atoms with Crippen LogP contribution in [0.25, 0.3) is 11.0 Å². The lowest BCUT2D eigenvalue weighted by Gasteiger charge is -2.29. The van der Waals surface area contributed by atoms with Crippen molar-refractivity contribution >= 4 is 16.9 Å². The first-order valence-corrected chi connectivity index (χ1v) is 6.59. The summed E-state index contributed by atoms with van der Waals surface area (Å²) in [6, 6.07) is 7.88. The van der Waals surface area contributed by atoms with Crippen LogP contribution >= 0.6 is 0 Å². The quantitative estimate of drug-likeness (QED) is 0.907. The molecule has 0 atom stereocenters. The summed E-state index contributed by atoms with van der Waals surface area (Å²) in [4.78, 5) is 13.4. The van der Waals surface area contributed by atoms with Crippen LogP contribution in [0.5, 0.6) is 0 Å². The fourth-order valence-corrected chi connectivity index (χ4v) is 2.64. The summed E-state index contributed by atoms with van der Waals surface area (Å²) in [5.41, 5.74) is 7.13. The highest BCUT2D eigenvalue weighted by Crippen LogP contribution is 2.22. The lowest BCUT2D eigenvalue weighted by Crippen LogP contribution is -2.38. The van der Waals surface area contributed by atoms with Gasteiger partial charge in [0.1, 0.15) is 5.69 Å². The Morgan fingerprint density at radius 3 is 2.84 bits per heavy atom. The van der Waals surface area contributed by atoms with Gasteiger partial charge in [0.15, 0.2) is 5.58 Å². The Bertz CT molecular complexity index is 585. The monoisotopic (exact) mass is 259 g/mol. The summed E-state index contributed by atoms with van der Waals surface area (Å²) in [6.45, 7) is 2.53. The third-order valence-corrected chi connectivity index (χ3v) is 3.82. The van der Waals surface area contributed by atoms with Gasteiger partial charge in [-0.15, -0.1) is 0 Å². The number of aromatic nitrogens is 1. The Balaban J connectivity index is 1.68. The zero-order valence-electron chi connectivity index (χ0n) is 10.7. The van der Waals surface area contributed by atoms with Gasteiger partial charge < -0.3 is 10.3 Å². The number of rotatable bonds is 3. The molecule has 0 radical (unpaired) electrons. The van der Waals surface area contributed by atoms with Crippen molar-refractivity contribution in [1.82, 2.24) is 10.1 Å². The van der Waals surface area contributed by atoms with Crippen molar-refractivity contribution in [2.24, 2.45) is 11.7 Å². The van der Waals surface area contributed by atoms with E-state index in [2.05, 4.69) is 10.1 Å². The Kier molecular flexibility index (Phi) is 3.21. The van der Waals surface area contributed by atoms with E-state index >= 15 is 0 Å². The van der Waals surface area contributed by atoms with Crippen LogP contribution in [-0.2, 0) is 11.3 Å². The molecule has 1 saturated heterocycles. The van der Waals surface area contributed by atoms with Gasteiger partial charge in [-0.3, -0.25) is 9.69 Å². The molecule has 2 aromatic rings. The molecule has 1 aromatic heterocycles. The highest BCUT2D eigenvalue weighted by Gasteiger charge is 2.24. The number of hydrogen-bond acceptors (Lipinski definition) is 4. The maximum absolute atomic E-state index is 11.1. The first-order valence-electron chi connectivity index (χ1n) is 6.59. The Morgan fingerprint density at radius 2 is 2.11 bits per heavy atom. The number of nitrogens with two attached hydrogens (primary N) is 1. The number of nitrogens with zero attached hydrogens (tertiary/aromatic N) is 2. The molecule has 1 fully saturated rings. The molecule has 1 aromatic carbocycles. The van der Waals surface area contributed by atoms with Crippen LogP contribution in [0.1, 0.15) is 18.5 Å². The smallest absolute Gasteiger partial charge is 0.220 e. The van der Waals surface area contributed by atoms with Gasteiger partial charge in [-0.2, -0.15) is 0 Å². The van der Waals surface area contributed by atoms with E-state index in [0.29, 0.717) is 0 Å². The molecule has 0 unspecified atom stereocenters. The third kappa shape index (κ3) is 2.46. The number of para-hydroxylation sites is 1. The normalized spacial score (nSPS) is 17.9. The van der Waals surface area contributed by atoms with E-state index in [9.17, 15) is 4.79 Å². The van der Waals surface area contributed by atoms with Crippen molar-refractivity contribution in [3.8, 4) is 0 Å². The predicted molar refractivity (Wildman–Crippen MR) is 71.2 cm³/mol. The molecule has 2 heterocycles. The van der Waals surface area contributed by atoms with E-state index in [4.69, 9.17) is 10.3 Å². The first-order chi connectivity index (χ1) is 9.24. The third-order valence-electron chi connectivity index (χ3n) is 3.82. The maximum atomic E-state index is 11.1. The molecule has 5 heteroatoms. The van der Waals surface area contributed by atoms with E-state index in [1.165, 1.54) is 0 Å². The Labute approximate surface area is 111 Å². The SMILES string of the molecule is NC(=O)C1CCN(Cc2noc3ccccc23)CC1. The minimum Gasteiger partial charge on any atom is -0.369 e. The highest BCUT2D eigenvalue weighted by atomic mass is 16.5. The summed E-state index contributed by atoms with van der Waals surface area (Å²) in [5.74, 6) is -0.142. The molecule has 0 aliphatic carbocycles. The second-order valence-corrected chi connectivity index (χ2v) is 5.08. The molecule has 1 amide bonds. The fourth-order valence-electron chi connectivity index (χ4n) is 2.64. The molecule has 0 saturated carbocycles. The van der Waals surface area contributed by atoms with Gasteiger partial charge in [0.25, 0.3) is 0 Å². The number of primary amides is 1. The molecule has 2 N–H and O–H groups in total. The van der Waals surface area contributed by atoms with Crippen LogP contribution < -0.4 is 5.73 Å². The van der Waals surface area contributed by atoms with Gasteiger partial charge in [0, 0.05) is 17.8 Å². The standard InChI is InChI=1S/C14H17N3O2/c15-14(18)10-5-7-17(8-6-10)9-12-11-3-1-2-4-13(11)19-16-12/h1-4,10H,5-9H2,(H2,15,18). The first kappa shape index (κ1) is 12.2. The number of hydrogen-bond donors (Lipinski definition) is 1. The summed E-state index contributed by atoms with van der Waals surface area (Å²) >= 11 is 0. The van der Waals surface area contributed by atoms with Gasteiger partial charge in [0.05, 0.1) is 0 Å². The van der Waals surface area contributed by atoms with Gasteiger partial charge in [-0.1, -0.05) is 17.3 Å². The zero-order chi connectivity index (χ0) is 13.2. The van der Waals surface area contributed by atoms with Crippen molar-refractivity contribution < 1.29 is 9.32 Å². The number of amides is 1. The summed E-state index contributed by atoms with van der Waals surface area (Å²) < 4.78 is 5.30. The zero-order valence-corrected chi connectivity index (χ0v) is 10.7. The number of fused-ring (bicyclic) bond motifs is 1. The molecule has 5 nitrogen and oxygen atoms in total. The molecule has 100 valence electrons. The molecule has 0 spiro atoms. The molecule has 0 bridgehead atoms. The van der Waals surface area contributed by atoms with Gasteiger partial charge in [-0.25, -0.2) is 0 Å². The van der Waals surface area contributed by atoms with E-state index < -0.39 is 0 Å². The van der Waals surface area contributed by atoms with Crippen LogP contribution in [0.3, 0.4) is 0 Å². The van der Waals surface area contributed by atoms with E-state index in [1.807, 2.05) is 24.3 Å². The molecular weight excluding hydrogens is 242 g/mol. The van der Waals surface area contributed by atoms with Crippen molar-refractivity contribution in [2.75, 3.05) is 13.1 Å². The Morgan fingerprint density at radius 1 is 1.37 bits per heavy atom. The second kappa shape index (κ2) is 5.01. The Hall–Kier alpha value is -1.88. The minimum atomic E-state index is -0.175. The lowest BCUT2D eigenvalue weighted by molar-refractivity contribution is -0.123. The van der Waals surface area contributed by atoms with Crippen LogP contribution in [0.15, 0.2) is 28.8 Å². The predicted octanol–water partition coefficient (Wildman–Crippen LogP) is 1.53. The minimum absolute atomic E-state index is 0.0327. The van der Waals surface area contributed by atoms with Crippen LogP contribution in [0, 0.1) is 5.92 Å². The van der Waals surface area contributed by atoms with Gasteiger partial charge in [-0.05, 0) is 38.1 Å². The number of carbonyl (C=O) groups is 1. The molecule has 19 heavy (non-hydrogen) atoms. The van der Waals surface area contributed by atoms with Crippen LogP contribution in [0.2, 0.25) is 0 Å². The fraction of sp³-hybridized carbons (Fsp3) is 0.429. The largest absolute Gasteiger partial charge is 0.369 e. The van der Waals surface area contributed by atoms with Crippen molar-refractivity contribution in [3.63, 3.8) is 0 Å². The molecule has 1 aliphatic rings. The molecule has 1 aliphatic heterocycles. The van der Waals surface area contributed by atoms with Crippen molar-refractivity contribution in [3.05, 3.63) is 30.0 Å². The van der Waals surface area contributed by atoms with E-state index in [1.54, 1.807) is 0 Å². The summed E-state index contributed by atoms with van der Waals surface area (Å²) in [5, 5.41) is 5.20. The lowest BCUT2D eigenvalue weighted by atomic mass is 9.96. The number of piperidine rings is 1. The molecular formula is C14H17N3O2. The van der Waals surface area contributed by atoms with Crippen LogP contribution in [0.4, 0.5) is 0 Å². The van der Waals surface area contributed by atoms with Gasteiger partial charge >= 0.3 is 0 Å². The number of benzene rings is 1. The highest BCUT2D eigenvalue weighted by molar-refractivity contribution is 5.79. The van der Waals surface area contributed by atoms with Crippen molar-refractivity contribution in [1.29, 1.82) is 0 Å². The van der Waals surface area contributed by atoms with E-state index in [0.717, 1.165) is 49.1 Å². The summed E-state index contributed by atoms with van der Waals surface area (Å²) in [7, 11) is 0. The summed E-state index contributed by atoms with van der Waals surface area (Å²) in [6.07, 6.45) is 1.68. The number of likely N-dealkylation sites (tertiary alicyclic amines) is 1. The average molecular weight is 259 g/mol. The average Bonchev–Trinajstić information content (AvgIpc) is 2.83. The number of carbonyl (C=O) groups excluding carboxylic acids is 1. The second-order valence-electron chi connectivity index (χ2n) is 5.08. The molecule has 3 rings (SSSR count).